The molecular weight excluding hydrogens is 166 g/mol. The van der Waals surface area contributed by atoms with Crippen LogP contribution in [0.2, 0.25) is 0 Å². The van der Waals surface area contributed by atoms with Crippen LogP contribution in [0.1, 0.15) is 33.1 Å². The fourth-order valence-electron chi connectivity index (χ4n) is 0.938. The number of rotatable bonds is 6. The van der Waals surface area contributed by atoms with Crippen molar-refractivity contribution in [2.45, 2.75) is 33.1 Å². The molecule has 0 unspecified atom stereocenters. The molecule has 0 aliphatic rings. The van der Waals surface area contributed by atoms with E-state index in [2.05, 4.69) is 10.3 Å². The number of carbonyl (C=O) groups excluding carboxylic acids is 1. The molecule has 3 N–H and O–H groups in total. The number of nitrogens with zero attached hydrogens (tertiary/aromatic N) is 1. The molecule has 0 aromatic heterocycles. The fraction of sp³-hybridized carbons (Fsp3) is 0.778. The van der Waals surface area contributed by atoms with E-state index in [1.54, 1.807) is 6.92 Å². The predicted molar refractivity (Wildman–Crippen MR) is 54.7 cm³/mol. The largest absolute Gasteiger partial charge is 0.388 e. The Balaban J connectivity index is 3.26. The standard InChI is InChI=1S/C9H19N3O/c1-3-11-9(13)6-4-5-7-12-8(2)10/h3-7H2,1-2H3,(H2,10,12)(H,11,13). The molecule has 1 amide bonds. The van der Waals surface area contributed by atoms with Crippen molar-refractivity contribution < 1.29 is 4.79 Å². The molecule has 4 nitrogen and oxygen atoms in total. The summed E-state index contributed by atoms with van der Waals surface area (Å²) in [6.07, 6.45) is 2.39. The molecule has 76 valence electrons. The van der Waals surface area contributed by atoms with Gasteiger partial charge in [-0.1, -0.05) is 0 Å². The van der Waals surface area contributed by atoms with Crippen molar-refractivity contribution in [2.24, 2.45) is 10.7 Å². The van der Waals surface area contributed by atoms with Crippen LogP contribution >= 0.6 is 0 Å². The van der Waals surface area contributed by atoms with Gasteiger partial charge in [0.25, 0.3) is 0 Å². The quantitative estimate of drug-likeness (QED) is 0.363. The van der Waals surface area contributed by atoms with Gasteiger partial charge in [-0.25, -0.2) is 0 Å². The zero-order valence-corrected chi connectivity index (χ0v) is 8.47. The normalized spacial score (nSPS) is 11.4. The van der Waals surface area contributed by atoms with E-state index in [9.17, 15) is 4.79 Å². The highest BCUT2D eigenvalue weighted by Gasteiger charge is 1.97. The molecule has 0 saturated heterocycles. The van der Waals surface area contributed by atoms with Crippen LogP contribution in [0.4, 0.5) is 0 Å². The summed E-state index contributed by atoms with van der Waals surface area (Å²) >= 11 is 0. The topological polar surface area (TPSA) is 67.5 Å². The number of amidine groups is 1. The number of hydrogen-bond acceptors (Lipinski definition) is 2. The second-order valence-electron chi connectivity index (χ2n) is 2.93. The Morgan fingerprint density at radius 2 is 2.15 bits per heavy atom. The maximum atomic E-state index is 11.0. The van der Waals surface area contributed by atoms with Gasteiger partial charge in [-0.3, -0.25) is 9.79 Å². The van der Waals surface area contributed by atoms with E-state index in [-0.39, 0.29) is 5.91 Å². The van der Waals surface area contributed by atoms with E-state index >= 15 is 0 Å². The lowest BCUT2D eigenvalue weighted by molar-refractivity contribution is -0.121. The van der Waals surface area contributed by atoms with Crippen molar-refractivity contribution in [3.63, 3.8) is 0 Å². The minimum absolute atomic E-state index is 0.121. The first-order valence-corrected chi connectivity index (χ1v) is 4.70. The summed E-state index contributed by atoms with van der Waals surface area (Å²) < 4.78 is 0. The van der Waals surface area contributed by atoms with Gasteiger partial charge in [0.15, 0.2) is 0 Å². The van der Waals surface area contributed by atoms with Crippen LogP contribution in [-0.2, 0) is 4.79 Å². The van der Waals surface area contributed by atoms with E-state index in [1.165, 1.54) is 0 Å². The Kier molecular flexibility index (Phi) is 6.96. The highest BCUT2D eigenvalue weighted by atomic mass is 16.1. The lowest BCUT2D eigenvalue weighted by Crippen LogP contribution is -2.22. The molecule has 0 bridgehead atoms. The van der Waals surface area contributed by atoms with Gasteiger partial charge in [-0.15, -0.1) is 0 Å². The highest BCUT2D eigenvalue weighted by Crippen LogP contribution is 1.95. The first kappa shape index (κ1) is 11.9. The van der Waals surface area contributed by atoms with Crippen LogP contribution in [-0.4, -0.2) is 24.8 Å². The van der Waals surface area contributed by atoms with Crippen molar-refractivity contribution in [2.75, 3.05) is 13.1 Å². The average Bonchev–Trinajstić information content (AvgIpc) is 2.03. The van der Waals surface area contributed by atoms with Gasteiger partial charge in [-0.05, 0) is 26.7 Å². The number of amides is 1. The summed E-state index contributed by atoms with van der Waals surface area (Å²) in [4.78, 5) is 15.0. The SMILES string of the molecule is CCNC(=O)CCCCN=C(C)N. The monoisotopic (exact) mass is 185 g/mol. The molecule has 4 heteroatoms. The second-order valence-corrected chi connectivity index (χ2v) is 2.93. The molecule has 0 saturated carbocycles. The molecule has 13 heavy (non-hydrogen) atoms. The van der Waals surface area contributed by atoms with Crippen molar-refractivity contribution in [3.05, 3.63) is 0 Å². The van der Waals surface area contributed by atoms with Gasteiger partial charge in [0.2, 0.25) is 5.91 Å². The first-order valence-electron chi connectivity index (χ1n) is 4.70. The lowest BCUT2D eigenvalue weighted by Gasteiger charge is -2.00. The zero-order valence-electron chi connectivity index (χ0n) is 8.47. The van der Waals surface area contributed by atoms with Crippen LogP contribution in [0.5, 0.6) is 0 Å². The summed E-state index contributed by atoms with van der Waals surface area (Å²) in [5, 5.41) is 2.75. The van der Waals surface area contributed by atoms with E-state index in [0.717, 1.165) is 19.4 Å². The molecule has 0 aromatic carbocycles. The Morgan fingerprint density at radius 1 is 1.46 bits per heavy atom. The van der Waals surface area contributed by atoms with E-state index in [1.807, 2.05) is 6.92 Å². The van der Waals surface area contributed by atoms with Gasteiger partial charge in [0, 0.05) is 19.5 Å². The Bertz CT molecular complexity index is 174. The average molecular weight is 185 g/mol. The molecule has 0 rings (SSSR count). The van der Waals surface area contributed by atoms with Crippen molar-refractivity contribution in [1.29, 1.82) is 0 Å². The van der Waals surface area contributed by atoms with Crippen molar-refractivity contribution in [1.82, 2.24) is 5.32 Å². The van der Waals surface area contributed by atoms with Gasteiger partial charge in [0.1, 0.15) is 0 Å². The molecule has 0 spiro atoms. The summed E-state index contributed by atoms with van der Waals surface area (Å²) in [6, 6.07) is 0. The molecule has 0 radical (unpaired) electrons. The predicted octanol–water partition coefficient (Wildman–Crippen LogP) is 0.670. The molecule has 0 aliphatic carbocycles. The highest BCUT2D eigenvalue weighted by molar-refractivity contribution is 5.77. The van der Waals surface area contributed by atoms with Gasteiger partial charge in [-0.2, -0.15) is 0 Å². The molecule has 0 fully saturated rings. The first-order chi connectivity index (χ1) is 6.16. The third kappa shape index (κ3) is 8.85. The third-order valence-corrected chi connectivity index (χ3v) is 1.55. The van der Waals surface area contributed by atoms with Crippen LogP contribution in [0.3, 0.4) is 0 Å². The molecule has 0 aliphatic heterocycles. The van der Waals surface area contributed by atoms with Crippen LogP contribution < -0.4 is 11.1 Å². The van der Waals surface area contributed by atoms with Gasteiger partial charge >= 0.3 is 0 Å². The maximum absolute atomic E-state index is 11.0. The van der Waals surface area contributed by atoms with E-state index in [4.69, 9.17) is 5.73 Å². The smallest absolute Gasteiger partial charge is 0.219 e. The Morgan fingerprint density at radius 3 is 2.69 bits per heavy atom. The van der Waals surface area contributed by atoms with Crippen molar-refractivity contribution >= 4 is 11.7 Å². The Hall–Kier alpha value is -1.06. The minimum Gasteiger partial charge on any atom is -0.388 e. The minimum atomic E-state index is 0.121. The third-order valence-electron chi connectivity index (χ3n) is 1.55. The van der Waals surface area contributed by atoms with E-state index < -0.39 is 0 Å². The molecule has 0 aromatic rings. The number of hydrogen-bond donors (Lipinski definition) is 2. The fourth-order valence-corrected chi connectivity index (χ4v) is 0.938. The lowest BCUT2D eigenvalue weighted by atomic mass is 10.2. The number of aliphatic imine (C=N–C) groups is 1. The summed E-state index contributed by atoms with van der Waals surface area (Å²) in [5.41, 5.74) is 5.35. The van der Waals surface area contributed by atoms with Crippen LogP contribution in [0.25, 0.3) is 0 Å². The maximum Gasteiger partial charge on any atom is 0.219 e. The number of unbranched alkanes of at least 4 members (excludes halogenated alkanes) is 1. The summed E-state index contributed by atoms with van der Waals surface area (Å²) in [6.45, 7) is 5.12. The number of nitrogens with two attached hydrogens (primary N) is 1. The molecule has 0 heterocycles. The number of carbonyl (C=O) groups is 1. The second kappa shape index (κ2) is 7.58. The molecule has 0 atom stereocenters. The van der Waals surface area contributed by atoms with E-state index in [0.29, 0.717) is 18.8 Å². The van der Waals surface area contributed by atoms with Gasteiger partial charge in [0.05, 0.1) is 5.84 Å². The van der Waals surface area contributed by atoms with Crippen LogP contribution in [0.15, 0.2) is 4.99 Å². The summed E-state index contributed by atoms with van der Waals surface area (Å²) in [5.74, 6) is 0.731. The summed E-state index contributed by atoms with van der Waals surface area (Å²) in [7, 11) is 0. The van der Waals surface area contributed by atoms with Crippen molar-refractivity contribution in [3.8, 4) is 0 Å². The van der Waals surface area contributed by atoms with Gasteiger partial charge < -0.3 is 11.1 Å². The molecular formula is C9H19N3O. The number of nitrogens with one attached hydrogen (secondary N) is 1. The van der Waals surface area contributed by atoms with Crippen LogP contribution in [0, 0.1) is 0 Å². The zero-order chi connectivity index (χ0) is 10.1. The Labute approximate surface area is 79.6 Å².